The third kappa shape index (κ3) is 4.48. The number of anilines is 2. The van der Waals surface area contributed by atoms with Gasteiger partial charge in [0.2, 0.25) is 0 Å². The first kappa shape index (κ1) is 24.3. The van der Waals surface area contributed by atoms with E-state index in [1.807, 2.05) is 11.9 Å². The van der Waals surface area contributed by atoms with Gasteiger partial charge in [-0.2, -0.15) is 0 Å². The van der Waals surface area contributed by atoms with Gasteiger partial charge in [0.25, 0.3) is 11.7 Å². The molecule has 2 aromatic carbocycles. The number of ether oxygens (including phenoxy) is 2. The molecule has 11 heteroatoms. The highest BCUT2D eigenvalue weighted by Crippen LogP contribution is 2.44. The summed E-state index contributed by atoms with van der Waals surface area (Å²) in [6.45, 7) is 2.77. The molecule has 1 amide bonds. The van der Waals surface area contributed by atoms with Crippen LogP contribution in [0, 0.1) is 6.92 Å². The zero-order valence-electron chi connectivity index (χ0n) is 19.7. The van der Waals surface area contributed by atoms with Gasteiger partial charge < -0.3 is 23.9 Å². The van der Waals surface area contributed by atoms with Crippen LogP contribution in [0.2, 0.25) is 0 Å². The Morgan fingerprint density at radius 1 is 1.11 bits per heavy atom. The lowest BCUT2D eigenvalue weighted by Gasteiger charge is -2.28. The summed E-state index contributed by atoms with van der Waals surface area (Å²) in [6, 6.07) is 11.5. The Balaban J connectivity index is 1.65. The number of halogens is 3. The number of hydrogen-bond acceptors (Lipinski definition) is 7. The van der Waals surface area contributed by atoms with E-state index in [9.17, 15) is 27.9 Å². The highest BCUT2D eigenvalue weighted by atomic mass is 19.4. The van der Waals surface area contributed by atoms with E-state index < -0.39 is 35.6 Å². The van der Waals surface area contributed by atoms with E-state index in [-0.39, 0.29) is 22.6 Å². The number of Topliss-reactive ketones (excluding diaryl/α,β-unsaturated/α-hetero) is 1. The van der Waals surface area contributed by atoms with Crippen molar-refractivity contribution in [3.8, 4) is 11.5 Å². The van der Waals surface area contributed by atoms with Gasteiger partial charge in [-0.15, -0.1) is 13.2 Å². The van der Waals surface area contributed by atoms with E-state index in [1.54, 1.807) is 31.2 Å². The van der Waals surface area contributed by atoms with Crippen LogP contribution in [0.25, 0.3) is 5.76 Å². The van der Waals surface area contributed by atoms with Crippen molar-refractivity contribution in [3.05, 3.63) is 77.3 Å². The summed E-state index contributed by atoms with van der Waals surface area (Å²) in [5.74, 6) is -1.85. The molecule has 1 aromatic heterocycles. The van der Waals surface area contributed by atoms with Crippen LogP contribution >= 0.6 is 0 Å². The maximum Gasteiger partial charge on any atom is 0.573 e. The van der Waals surface area contributed by atoms with E-state index in [4.69, 9.17) is 9.15 Å². The molecule has 3 aromatic rings. The number of benzene rings is 2. The van der Waals surface area contributed by atoms with Crippen LogP contribution in [0.1, 0.15) is 23.1 Å². The zero-order chi connectivity index (χ0) is 26.5. The second kappa shape index (κ2) is 8.91. The fourth-order valence-electron chi connectivity index (χ4n) is 4.45. The van der Waals surface area contributed by atoms with Gasteiger partial charge in [0, 0.05) is 24.4 Å². The zero-order valence-corrected chi connectivity index (χ0v) is 19.7. The first-order valence-corrected chi connectivity index (χ1v) is 11.2. The second-order valence-electron chi connectivity index (χ2n) is 8.62. The molecule has 0 aliphatic carbocycles. The highest BCUT2D eigenvalue weighted by molar-refractivity contribution is 6.51. The summed E-state index contributed by atoms with van der Waals surface area (Å²) in [4.78, 5) is 29.4. The first-order valence-electron chi connectivity index (χ1n) is 11.2. The number of rotatable bonds is 4. The standard InChI is InChI=1S/C26H21F3N2O6/c1-14-6-8-20(36-14)22-21(23(32)15-7-9-19-18(12-15)30(2)10-11-35-19)24(33)25(34)31(22)16-4-3-5-17(13-16)37-26(27,28)29/h3-9,12-13,22,32H,10-11H2,1-2H3/b23-21-. The molecule has 0 spiro atoms. The van der Waals surface area contributed by atoms with Crippen molar-refractivity contribution >= 4 is 28.8 Å². The van der Waals surface area contributed by atoms with Gasteiger partial charge in [0.05, 0.1) is 17.8 Å². The molecular weight excluding hydrogens is 493 g/mol. The van der Waals surface area contributed by atoms with Crippen molar-refractivity contribution in [2.75, 3.05) is 30.0 Å². The van der Waals surface area contributed by atoms with Crippen LogP contribution in [-0.2, 0) is 9.59 Å². The molecule has 1 fully saturated rings. The van der Waals surface area contributed by atoms with Crippen LogP contribution in [0.4, 0.5) is 24.5 Å². The number of furan rings is 1. The van der Waals surface area contributed by atoms with Gasteiger partial charge in [-0.1, -0.05) is 6.07 Å². The summed E-state index contributed by atoms with van der Waals surface area (Å²) in [5, 5.41) is 11.3. The van der Waals surface area contributed by atoms with E-state index in [2.05, 4.69) is 4.74 Å². The molecule has 1 saturated heterocycles. The number of likely N-dealkylation sites (N-methyl/N-ethyl adjacent to an activating group) is 1. The number of aliphatic hydroxyl groups excluding tert-OH is 1. The van der Waals surface area contributed by atoms with Crippen molar-refractivity contribution in [2.24, 2.45) is 0 Å². The average Bonchev–Trinajstić information content (AvgIpc) is 3.38. The minimum atomic E-state index is -4.95. The largest absolute Gasteiger partial charge is 0.573 e. The number of ketones is 1. The van der Waals surface area contributed by atoms with Crippen LogP contribution < -0.4 is 19.3 Å². The van der Waals surface area contributed by atoms with Crippen LogP contribution in [0.15, 0.2) is 64.6 Å². The Morgan fingerprint density at radius 3 is 2.59 bits per heavy atom. The Morgan fingerprint density at radius 2 is 1.89 bits per heavy atom. The summed E-state index contributed by atoms with van der Waals surface area (Å²) >= 11 is 0. The van der Waals surface area contributed by atoms with Crippen LogP contribution in [0.5, 0.6) is 11.5 Å². The lowest BCUT2D eigenvalue weighted by Crippen LogP contribution is -2.29. The van der Waals surface area contributed by atoms with Gasteiger partial charge in [-0.05, 0) is 49.4 Å². The van der Waals surface area contributed by atoms with Crippen LogP contribution in [-0.4, -0.2) is 43.4 Å². The third-order valence-electron chi connectivity index (χ3n) is 6.13. The van der Waals surface area contributed by atoms with Gasteiger partial charge in [-0.3, -0.25) is 14.5 Å². The quantitative estimate of drug-likeness (QED) is 0.300. The topological polar surface area (TPSA) is 92.5 Å². The van der Waals surface area contributed by atoms with Gasteiger partial charge in [0.15, 0.2) is 0 Å². The summed E-state index contributed by atoms with van der Waals surface area (Å²) in [5.41, 5.74) is 0.643. The molecule has 5 rings (SSSR count). The number of fused-ring (bicyclic) bond motifs is 1. The van der Waals surface area contributed by atoms with Gasteiger partial charge in [-0.25, -0.2) is 0 Å². The van der Waals surface area contributed by atoms with Crippen molar-refractivity contribution < 1.29 is 41.8 Å². The van der Waals surface area contributed by atoms with Crippen molar-refractivity contribution in [3.63, 3.8) is 0 Å². The number of amides is 1. The number of carbonyl (C=O) groups excluding carboxylic acids is 2. The van der Waals surface area contributed by atoms with Gasteiger partial charge >= 0.3 is 6.36 Å². The molecule has 8 nitrogen and oxygen atoms in total. The molecule has 0 saturated carbocycles. The lowest BCUT2D eigenvalue weighted by molar-refractivity contribution is -0.274. The molecule has 192 valence electrons. The molecule has 2 aliphatic rings. The lowest BCUT2D eigenvalue weighted by atomic mass is 9.98. The van der Waals surface area contributed by atoms with Crippen molar-refractivity contribution in [2.45, 2.75) is 19.3 Å². The summed E-state index contributed by atoms with van der Waals surface area (Å²) < 4.78 is 53.8. The first-order chi connectivity index (χ1) is 17.5. The minimum absolute atomic E-state index is 0.0412. The van der Waals surface area contributed by atoms with E-state index in [1.165, 1.54) is 18.2 Å². The highest BCUT2D eigenvalue weighted by Gasteiger charge is 2.48. The number of hydrogen-bond donors (Lipinski definition) is 1. The SMILES string of the molecule is Cc1ccc(C2/C(=C(/O)c3ccc4c(c3)N(C)CCO4)C(=O)C(=O)N2c2cccc(OC(F)(F)F)c2)o1. The molecule has 37 heavy (non-hydrogen) atoms. The maximum atomic E-state index is 13.3. The molecular formula is C26H21F3N2O6. The Bertz CT molecular complexity index is 1430. The smallest absolute Gasteiger partial charge is 0.507 e. The Labute approximate surface area is 209 Å². The number of aliphatic hydroxyl groups is 1. The van der Waals surface area contributed by atoms with Crippen LogP contribution in [0.3, 0.4) is 0 Å². The number of alkyl halides is 3. The molecule has 2 aliphatic heterocycles. The van der Waals surface area contributed by atoms with E-state index >= 15 is 0 Å². The summed E-state index contributed by atoms with van der Waals surface area (Å²) in [6.07, 6.45) is -4.95. The van der Waals surface area contributed by atoms with Crippen molar-refractivity contribution in [1.82, 2.24) is 0 Å². The Hall–Kier alpha value is -4.41. The van der Waals surface area contributed by atoms with E-state index in [0.29, 0.717) is 30.3 Å². The molecule has 0 bridgehead atoms. The molecule has 0 radical (unpaired) electrons. The summed E-state index contributed by atoms with van der Waals surface area (Å²) in [7, 11) is 1.85. The number of aryl methyl sites for hydroxylation is 1. The molecule has 1 unspecified atom stereocenters. The number of carbonyl (C=O) groups is 2. The normalized spacial score (nSPS) is 19.1. The number of nitrogens with zero attached hydrogens (tertiary/aromatic N) is 2. The minimum Gasteiger partial charge on any atom is -0.507 e. The molecule has 1 N–H and O–H groups in total. The third-order valence-corrected chi connectivity index (χ3v) is 6.13. The second-order valence-corrected chi connectivity index (χ2v) is 8.62. The molecule has 3 heterocycles. The maximum absolute atomic E-state index is 13.3. The fourth-order valence-corrected chi connectivity index (χ4v) is 4.45. The fraction of sp³-hybridized carbons (Fsp3) is 0.231. The monoisotopic (exact) mass is 514 g/mol. The molecule has 1 atom stereocenters. The predicted molar refractivity (Wildman–Crippen MR) is 127 cm³/mol. The predicted octanol–water partition coefficient (Wildman–Crippen LogP) is 4.94. The van der Waals surface area contributed by atoms with Crippen molar-refractivity contribution in [1.29, 1.82) is 0 Å². The van der Waals surface area contributed by atoms with Gasteiger partial charge in [0.1, 0.15) is 41.4 Å². The average molecular weight is 514 g/mol. The van der Waals surface area contributed by atoms with E-state index in [0.717, 1.165) is 17.0 Å². The Kier molecular flexibility index (Phi) is 5.85.